The van der Waals surface area contributed by atoms with Crippen LogP contribution in [0.3, 0.4) is 0 Å². The molecule has 3 rings (SSSR count). The van der Waals surface area contributed by atoms with Gasteiger partial charge in [-0.3, -0.25) is 4.98 Å². The number of rotatable bonds is 4. The molecule has 0 aliphatic rings. The van der Waals surface area contributed by atoms with Crippen LogP contribution >= 0.6 is 0 Å². The van der Waals surface area contributed by atoms with Crippen LogP contribution in [0.1, 0.15) is 35.5 Å². The molecule has 0 saturated heterocycles. The lowest BCUT2D eigenvalue weighted by atomic mass is 9.97. The first-order chi connectivity index (χ1) is 11.6. The van der Waals surface area contributed by atoms with Crippen LogP contribution in [-0.2, 0) is 11.3 Å². The van der Waals surface area contributed by atoms with Gasteiger partial charge in [-0.25, -0.2) is 14.5 Å². The van der Waals surface area contributed by atoms with Crippen LogP contribution in [0.15, 0.2) is 24.7 Å². The van der Waals surface area contributed by atoms with E-state index in [1.165, 1.54) is 0 Å². The maximum Gasteiger partial charge on any atom is 0.340 e. The molecule has 0 saturated carbocycles. The van der Waals surface area contributed by atoms with Crippen LogP contribution in [0.25, 0.3) is 22.2 Å². The van der Waals surface area contributed by atoms with Gasteiger partial charge in [0.2, 0.25) is 0 Å². The summed E-state index contributed by atoms with van der Waals surface area (Å²) in [6, 6.07) is 2.01. The molecule has 0 fully saturated rings. The van der Waals surface area contributed by atoms with Crippen molar-refractivity contribution >= 4 is 17.0 Å². The molecule has 3 aromatic heterocycles. The number of hydrogen-bond acceptors (Lipinski definition) is 5. The van der Waals surface area contributed by atoms with Crippen molar-refractivity contribution in [3.05, 3.63) is 41.5 Å². The summed E-state index contributed by atoms with van der Waals surface area (Å²) < 4.78 is 7.08. The van der Waals surface area contributed by atoms with E-state index in [2.05, 4.69) is 15.1 Å². The molecular weight excluding hydrogens is 304 g/mol. The second kappa shape index (κ2) is 6.39. The fourth-order valence-electron chi connectivity index (χ4n) is 2.88. The number of hydrogen-bond donors (Lipinski definition) is 0. The molecule has 124 valence electrons. The molecular formula is C18H20N4O2. The first-order valence-electron chi connectivity index (χ1n) is 8.02. The summed E-state index contributed by atoms with van der Waals surface area (Å²) in [5.41, 5.74) is 4.54. The molecule has 24 heavy (non-hydrogen) atoms. The molecule has 0 bridgehead atoms. The molecule has 0 aliphatic carbocycles. The van der Waals surface area contributed by atoms with Crippen molar-refractivity contribution in [2.45, 2.75) is 34.2 Å². The van der Waals surface area contributed by atoms with Crippen molar-refractivity contribution in [2.75, 3.05) is 6.61 Å². The van der Waals surface area contributed by atoms with E-state index in [1.54, 1.807) is 25.5 Å². The summed E-state index contributed by atoms with van der Waals surface area (Å²) in [5.74, 6) is -0.370. The van der Waals surface area contributed by atoms with Crippen LogP contribution in [-0.4, -0.2) is 32.3 Å². The maximum atomic E-state index is 12.6. The number of fused-ring (bicyclic) bond motifs is 1. The molecule has 0 spiro atoms. The average Bonchev–Trinajstić information content (AvgIpc) is 2.96. The van der Waals surface area contributed by atoms with Gasteiger partial charge in [0.1, 0.15) is 0 Å². The smallest absolute Gasteiger partial charge is 0.340 e. The van der Waals surface area contributed by atoms with Gasteiger partial charge in [0.05, 0.1) is 24.1 Å². The van der Waals surface area contributed by atoms with Gasteiger partial charge in [-0.2, -0.15) is 5.10 Å². The number of esters is 1. The fraction of sp³-hybridized carbons (Fsp3) is 0.333. The van der Waals surface area contributed by atoms with Crippen LogP contribution in [0, 0.1) is 13.8 Å². The number of carbonyl (C=O) groups excluding carboxylic acids is 1. The lowest BCUT2D eigenvalue weighted by Gasteiger charge is -2.13. The number of aryl methyl sites for hydroxylation is 3. The first-order valence-corrected chi connectivity index (χ1v) is 8.02. The molecule has 0 radical (unpaired) electrons. The van der Waals surface area contributed by atoms with Crippen molar-refractivity contribution in [3.63, 3.8) is 0 Å². The number of aromatic nitrogens is 4. The Morgan fingerprint density at radius 1 is 1.21 bits per heavy atom. The predicted octanol–water partition coefficient (Wildman–Crippen LogP) is 3.31. The molecule has 0 N–H and O–H groups in total. The number of ether oxygens (including phenoxy) is 1. The van der Waals surface area contributed by atoms with Gasteiger partial charge >= 0.3 is 5.97 Å². The van der Waals surface area contributed by atoms with Gasteiger partial charge in [0.15, 0.2) is 5.65 Å². The summed E-state index contributed by atoms with van der Waals surface area (Å²) in [6.07, 6.45) is 5.30. The zero-order valence-electron chi connectivity index (χ0n) is 14.3. The van der Waals surface area contributed by atoms with Gasteiger partial charge in [-0.05, 0) is 39.3 Å². The van der Waals surface area contributed by atoms with Crippen LogP contribution < -0.4 is 0 Å². The Morgan fingerprint density at radius 3 is 2.67 bits per heavy atom. The highest BCUT2D eigenvalue weighted by Crippen LogP contribution is 2.33. The van der Waals surface area contributed by atoms with Crippen LogP contribution in [0.2, 0.25) is 0 Å². The Hall–Kier alpha value is -2.76. The minimum Gasteiger partial charge on any atom is -0.462 e. The van der Waals surface area contributed by atoms with E-state index in [9.17, 15) is 4.79 Å². The summed E-state index contributed by atoms with van der Waals surface area (Å²) in [6.45, 7) is 8.63. The Labute approximate surface area is 140 Å². The largest absolute Gasteiger partial charge is 0.462 e. The topological polar surface area (TPSA) is 69.9 Å². The standard InChI is InChI=1S/C18H20N4O2/c1-5-22-17-14(10-20-22)16(13-7-11(3)8-19-9-13)15(12(4)21-17)18(23)24-6-2/h7-10H,5-6H2,1-4H3. The molecule has 0 aromatic carbocycles. The van der Waals surface area contributed by atoms with E-state index < -0.39 is 0 Å². The summed E-state index contributed by atoms with van der Waals surface area (Å²) in [5, 5.41) is 5.22. The lowest BCUT2D eigenvalue weighted by Crippen LogP contribution is -2.11. The Balaban J connectivity index is 2.39. The molecule has 0 amide bonds. The first kappa shape index (κ1) is 16.1. The minimum atomic E-state index is -0.370. The van der Waals surface area contributed by atoms with Crippen molar-refractivity contribution in [1.29, 1.82) is 0 Å². The average molecular weight is 324 g/mol. The van der Waals surface area contributed by atoms with Gasteiger partial charge in [0, 0.05) is 35.5 Å². The Kier molecular flexibility index (Phi) is 4.29. The molecule has 0 aliphatic heterocycles. The SMILES string of the molecule is CCOC(=O)c1c(C)nc2c(cnn2CC)c1-c1cncc(C)c1. The number of pyridine rings is 2. The Morgan fingerprint density at radius 2 is 2.00 bits per heavy atom. The fourth-order valence-corrected chi connectivity index (χ4v) is 2.88. The highest BCUT2D eigenvalue weighted by Gasteiger charge is 2.23. The van der Waals surface area contributed by atoms with E-state index in [0.717, 1.165) is 27.7 Å². The van der Waals surface area contributed by atoms with Crippen molar-refractivity contribution in [2.24, 2.45) is 0 Å². The highest BCUT2D eigenvalue weighted by atomic mass is 16.5. The number of carbonyl (C=O) groups is 1. The summed E-state index contributed by atoms with van der Waals surface area (Å²) in [4.78, 5) is 21.4. The third kappa shape index (κ3) is 2.64. The van der Waals surface area contributed by atoms with Gasteiger partial charge < -0.3 is 4.74 Å². The molecule has 0 atom stereocenters. The summed E-state index contributed by atoms with van der Waals surface area (Å²) in [7, 11) is 0. The van der Waals surface area contributed by atoms with Crippen molar-refractivity contribution in [3.8, 4) is 11.1 Å². The monoisotopic (exact) mass is 324 g/mol. The second-order valence-corrected chi connectivity index (χ2v) is 5.62. The molecule has 3 heterocycles. The predicted molar refractivity (Wildman–Crippen MR) is 91.9 cm³/mol. The van der Waals surface area contributed by atoms with E-state index in [4.69, 9.17) is 4.74 Å². The minimum absolute atomic E-state index is 0.316. The normalized spacial score (nSPS) is 11.0. The van der Waals surface area contributed by atoms with Crippen molar-refractivity contribution < 1.29 is 9.53 Å². The van der Waals surface area contributed by atoms with E-state index in [0.29, 0.717) is 24.4 Å². The van der Waals surface area contributed by atoms with Gasteiger partial charge in [-0.1, -0.05) is 0 Å². The maximum absolute atomic E-state index is 12.6. The molecule has 6 heteroatoms. The van der Waals surface area contributed by atoms with Gasteiger partial charge in [0.25, 0.3) is 0 Å². The summed E-state index contributed by atoms with van der Waals surface area (Å²) >= 11 is 0. The third-order valence-corrected chi connectivity index (χ3v) is 3.91. The molecule has 6 nitrogen and oxygen atoms in total. The zero-order valence-corrected chi connectivity index (χ0v) is 14.3. The van der Waals surface area contributed by atoms with E-state index in [-0.39, 0.29) is 5.97 Å². The van der Waals surface area contributed by atoms with E-state index in [1.807, 2.05) is 31.5 Å². The molecule has 0 unspecified atom stereocenters. The third-order valence-electron chi connectivity index (χ3n) is 3.91. The Bertz CT molecular complexity index is 915. The van der Waals surface area contributed by atoms with Crippen molar-refractivity contribution in [1.82, 2.24) is 19.7 Å². The second-order valence-electron chi connectivity index (χ2n) is 5.62. The lowest BCUT2D eigenvalue weighted by molar-refractivity contribution is 0.0526. The quantitative estimate of drug-likeness (QED) is 0.689. The highest BCUT2D eigenvalue weighted by molar-refractivity contribution is 6.07. The number of nitrogens with zero attached hydrogens (tertiary/aromatic N) is 4. The van der Waals surface area contributed by atoms with Crippen LogP contribution in [0.4, 0.5) is 0 Å². The zero-order chi connectivity index (χ0) is 17.3. The van der Waals surface area contributed by atoms with E-state index >= 15 is 0 Å². The van der Waals surface area contributed by atoms with Crippen LogP contribution in [0.5, 0.6) is 0 Å². The molecule has 3 aromatic rings. The van der Waals surface area contributed by atoms with Gasteiger partial charge in [-0.15, -0.1) is 0 Å².